The molecule has 19 heavy (non-hydrogen) atoms. The maximum atomic E-state index is 11.8. The van der Waals surface area contributed by atoms with Crippen molar-refractivity contribution in [3.63, 3.8) is 0 Å². The number of rotatable bonds is 5. The highest BCUT2D eigenvalue weighted by atomic mass is 32.1. The van der Waals surface area contributed by atoms with Gasteiger partial charge in [-0.15, -0.1) is 11.3 Å². The highest BCUT2D eigenvalue weighted by Gasteiger charge is 2.07. The van der Waals surface area contributed by atoms with Crippen LogP contribution in [0.4, 0.5) is 0 Å². The largest absolute Gasteiger partial charge is 0.351 e. The van der Waals surface area contributed by atoms with Crippen LogP contribution >= 0.6 is 11.3 Å². The van der Waals surface area contributed by atoms with E-state index in [4.69, 9.17) is 0 Å². The van der Waals surface area contributed by atoms with E-state index in [0.29, 0.717) is 13.0 Å². The molecule has 1 aromatic carbocycles. The molecule has 0 bridgehead atoms. The Kier molecular flexibility index (Phi) is 4.68. The third-order valence-electron chi connectivity index (χ3n) is 2.93. The van der Waals surface area contributed by atoms with E-state index in [9.17, 15) is 4.79 Å². The second kappa shape index (κ2) is 6.48. The van der Waals surface area contributed by atoms with E-state index in [1.54, 1.807) is 11.3 Å². The molecule has 0 aliphatic rings. The van der Waals surface area contributed by atoms with E-state index in [2.05, 4.69) is 10.3 Å². The molecule has 0 saturated heterocycles. The summed E-state index contributed by atoms with van der Waals surface area (Å²) >= 11 is 1.64. The summed E-state index contributed by atoms with van der Waals surface area (Å²) in [6, 6.07) is 10.1. The van der Waals surface area contributed by atoms with Crippen LogP contribution in [0.25, 0.3) is 0 Å². The number of hydrogen-bond donors (Lipinski definition) is 1. The molecule has 1 aromatic heterocycles. The van der Waals surface area contributed by atoms with Gasteiger partial charge in [0.25, 0.3) is 0 Å². The Bertz CT molecular complexity index is 549. The Morgan fingerprint density at radius 2 is 2.00 bits per heavy atom. The Morgan fingerprint density at radius 1 is 1.26 bits per heavy atom. The van der Waals surface area contributed by atoms with E-state index in [1.807, 2.05) is 44.2 Å². The first-order valence-electron chi connectivity index (χ1n) is 6.38. The van der Waals surface area contributed by atoms with Gasteiger partial charge in [-0.2, -0.15) is 0 Å². The number of aromatic nitrogens is 1. The van der Waals surface area contributed by atoms with Crippen molar-refractivity contribution >= 4 is 17.2 Å². The number of amides is 1. The minimum absolute atomic E-state index is 0.0920. The second-order valence-corrected chi connectivity index (χ2v) is 5.79. The summed E-state index contributed by atoms with van der Waals surface area (Å²) in [5.41, 5.74) is 2.22. The topological polar surface area (TPSA) is 42.0 Å². The lowest BCUT2D eigenvalue weighted by atomic mass is 10.1. The van der Waals surface area contributed by atoms with Gasteiger partial charge in [0.15, 0.2) is 0 Å². The lowest BCUT2D eigenvalue weighted by Gasteiger charge is -2.04. The first kappa shape index (κ1) is 13.7. The average Bonchev–Trinajstić information content (AvgIpc) is 2.73. The van der Waals surface area contributed by atoms with Crippen molar-refractivity contribution in [2.45, 2.75) is 33.2 Å². The molecule has 0 fully saturated rings. The number of aryl methyl sites for hydroxylation is 3. The van der Waals surface area contributed by atoms with Crippen LogP contribution in [0, 0.1) is 13.8 Å². The Morgan fingerprint density at radius 3 is 2.63 bits per heavy atom. The summed E-state index contributed by atoms with van der Waals surface area (Å²) in [6.07, 6.45) is 1.31. The SMILES string of the molecule is Cc1nc(C)c(CNC(=O)CCc2ccccc2)s1. The normalized spacial score (nSPS) is 10.4. The predicted molar refractivity (Wildman–Crippen MR) is 78.2 cm³/mol. The molecule has 0 spiro atoms. The minimum Gasteiger partial charge on any atom is -0.351 e. The number of nitrogens with one attached hydrogen (secondary N) is 1. The van der Waals surface area contributed by atoms with Gasteiger partial charge in [-0.1, -0.05) is 30.3 Å². The first-order chi connectivity index (χ1) is 9.15. The van der Waals surface area contributed by atoms with Crippen LogP contribution in [0.2, 0.25) is 0 Å². The van der Waals surface area contributed by atoms with Gasteiger partial charge >= 0.3 is 0 Å². The van der Waals surface area contributed by atoms with Crippen LogP contribution in [0.3, 0.4) is 0 Å². The minimum atomic E-state index is 0.0920. The molecule has 0 aliphatic carbocycles. The molecule has 0 saturated carbocycles. The molecule has 0 unspecified atom stereocenters. The molecule has 2 rings (SSSR count). The first-order valence-corrected chi connectivity index (χ1v) is 7.20. The van der Waals surface area contributed by atoms with Crippen LogP contribution < -0.4 is 5.32 Å². The van der Waals surface area contributed by atoms with Gasteiger partial charge in [0.1, 0.15) is 0 Å². The summed E-state index contributed by atoms with van der Waals surface area (Å²) in [4.78, 5) is 17.3. The molecule has 3 nitrogen and oxygen atoms in total. The Balaban J connectivity index is 1.77. The quantitative estimate of drug-likeness (QED) is 0.910. The maximum absolute atomic E-state index is 11.8. The second-order valence-electron chi connectivity index (χ2n) is 4.50. The molecule has 0 radical (unpaired) electrons. The number of thiazole rings is 1. The molecule has 0 aliphatic heterocycles. The standard InChI is InChI=1S/C15H18N2OS/c1-11-14(19-12(2)17-11)10-16-15(18)9-8-13-6-4-3-5-7-13/h3-7H,8-10H2,1-2H3,(H,16,18). The van der Waals surface area contributed by atoms with Gasteiger partial charge in [0, 0.05) is 11.3 Å². The van der Waals surface area contributed by atoms with Crippen LogP contribution in [-0.4, -0.2) is 10.9 Å². The number of carbonyl (C=O) groups is 1. The summed E-state index contributed by atoms with van der Waals surface area (Å²) in [6.45, 7) is 4.55. The fourth-order valence-corrected chi connectivity index (χ4v) is 2.78. The van der Waals surface area contributed by atoms with E-state index >= 15 is 0 Å². The van der Waals surface area contributed by atoms with Crippen molar-refractivity contribution in [1.82, 2.24) is 10.3 Å². The van der Waals surface area contributed by atoms with Gasteiger partial charge in [-0.25, -0.2) is 4.98 Å². The van der Waals surface area contributed by atoms with E-state index in [0.717, 1.165) is 22.0 Å². The fourth-order valence-electron chi connectivity index (χ4n) is 1.91. The molecule has 1 amide bonds. The zero-order chi connectivity index (χ0) is 13.7. The average molecular weight is 274 g/mol. The van der Waals surface area contributed by atoms with Gasteiger partial charge in [-0.3, -0.25) is 4.79 Å². The van der Waals surface area contributed by atoms with Gasteiger partial charge in [-0.05, 0) is 25.8 Å². The number of nitrogens with zero attached hydrogens (tertiary/aromatic N) is 1. The summed E-state index contributed by atoms with van der Waals surface area (Å²) in [5, 5.41) is 4.00. The van der Waals surface area contributed by atoms with Crippen molar-refractivity contribution in [1.29, 1.82) is 0 Å². The zero-order valence-corrected chi connectivity index (χ0v) is 12.1. The van der Waals surface area contributed by atoms with E-state index < -0.39 is 0 Å². The molecule has 1 N–H and O–H groups in total. The highest BCUT2D eigenvalue weighted by Crippen LogP contribution is 2.16. The molecular weight excluding hydrogens is 256 g/mol. The lowest BCUT2D eigenvalue weighted by Crippen LogP contribution is -2.22. The lowest BCUT2D eigenvalue weighted by molar-refractivity contribution is -0.121. The number of hydrogen-bond acceptors (Lipinski definition) is 3. The van der Waals surface area contributed by atoms with Crippen LogP contribution in [0.5, 0.6) is 0 Å². The monoisotopic (exact) mass is 274 g/mol. The maximum Gasteiger partial charge on any atom is 0.220 e. The zero-order valence-electron chi connectivity index (χ0n) is 11.3. The van der Waals surface area contributed by atoms with Gasteiger partial charge < -0.3 is 5.32 Å². The van der Waals surface area contributed by atoms with Crippen molar-refractivity contribution in [2.24, 2.45) is 0 Å². The summed E-state index contributed by atoms with van der Waals surface area (Å²) < 4.78 is 0. The molecule has 0 atom stereocenters. The summed E-state index contributed by atoms with van der Waals surface area (Å²) in [5.74, 6) is 0.0920. The summed E-state index contributed by atoms with van der Waals surface area (Å²) in [7, 11) is 0. The molecule has 4 heteroatoms. The Hall–Kier alpha value is -1.68. The highest BCUT2D eigenvalue weighted by molar-refractivity contribution is 7.11. The van der Waals surface area contributed by atoms with Crippen LogP contribution in [-0.2, 0) is 17.8 Å². The molecule has 100 valence electrons. The van der Waals surface area contributed by atoms with Crippen LogP contribution in [0.1, 0.15) is 27.6 Å². The Labute approximate surface area is 117 Å². The molecule has 2 aromatic rings. The smallest absolute Gasteiger partial charge is 0.220 e. The predicted octanol–water partition coefficient (Wildman–Crippen LogP) is 3.01. The number of carbonyl (C=O) groups excluding carboxylic acids is 1. The van der Waals surface area contributed by atoms with Crippen molar-refractivity contribution in [3.05, 3.63) is 51.5 Å². The third-order valence-corrected chi connectivity index (χ3v) is 4.00. The van der Waals surface area contributed by atoms with E-state index in [1.165, 1.54) is 5.56 Å². The van der Waals surface area contributed by atoms with Crippen LogP contribution in [0.15, 0.2) is 30.3 Å². The molecular formula is C15H18N2OS. The molecule has 1 heterocycles. The van der Waals surface area contributed by atoms with Crippen molar-refractivity contribution in [3.8, 4) is 0 Å². The number of benzene rings is 1. The van der Waals surface area contributed by atoms with Crippen molar-refractivity contribution in [2.75, 3.05) is 0 Å². The fraction of sp³-hybridized carbons (Fsp3) is 0.333. The van der Waals surface area contributed by atoms with Gasteiger partial charge in [0.05, 0.1) is 17.2 Å². The van der Waals surface area contributed by atoms with Crippen molar-refractivity contribution < 1.29 is 4.79 Å². The van der Waals surface area contributed by atoms with Gasteiger partial charge in [0.2, 0.25) is 5.91 Å². The third kappa shape index (κ3) is 4.17. The van der Waals surface area contributed by atoms with E-state index in [-0.39, 0.29) is 5.91 Å².